The van der Waals surface area contributed by atoms with Gasteiger partial charge in [-0.3, -0.25) is 4.79 Å². The van der Waals surface area contributed by atoms with Gasteiger partial charge >= 0.3 is 12.0 Å². The van der Waals surface area contributed by atoms with Crippen LogP contribution < -0.4 is 5.32 Å². The maximum absolute atomic E-state index is 12.2. The van der Waals surface area contributed by atoms with Crippen LogP contribution in [-0.2, 0) is 16.1 Å². The molecule has 2 rings (SSSR count). The molecular weight excluding hydrogens is 352 g/mol. The van der Waals surface area contributed by atoms with Crippen molar-refractivity contribution in [3.05, 3.63) is 34.3 Å². The van der Waals surface area contributed by atoms with Crippen LogP contribution in [0.3, 0.4) is 0 Å². The molecule has 2 N–H and O–H groups in total. The fourth-order valence-corrected chi connectivity index (χ4v) is 3.03. The third kappa shape index (κ3) is 3.59. The minimum absolute atomic E-state index is 0.107. The fraction of sp³-hybridized carbons (Fsp3) is 0.467. The molecule has 1 aliphatic rings. The van der Waals surface area contributed by atoms with E-state index >= 15 is 0 Å². The number of halogens is 1. The molecule has 0 aromatic heterocycles. The van der Waals surface area contributed by atoms with Gasteiger partial charge in [-0.05, 0) is 18.1 Å². The van der Waals surface area contributed by atoms with Gasteiger partial charge in [-0.15, -0.1) is 0 Å². The minimum Gasteiger partial charge on any atom is -0.481 e. The molecule has 0 aliphatic carbocycles. The number of rotatable bonds is 5. The minimum atomic E-state index is -1.00. The molecule has 1 atom stereocenters. The molecule has 1 heterocycles. The van der Waals surface area contributed by atoms with E-state index in [1.807, 2.05) is 24.3 Å². The van der Waals surface area contributed by atoms with Gasteiger partial charge in [0, 0.05) is 31.2 Å². The summed E-state index contributed by atoms with van der Waals surface area (Å²) in [5, 5.41) is 12.2. The lowest BCUT2D eigenvalue weighted by Gasteiger charge is -2.24. The summed E-state index contributed by atoms with van der Waals surface area (Å²) >= 11 is 3.43. The summed E-state index contributed by atoms with van der Waals surface area (Å²) in [5.74, 6) is -0.921. The normalized spacial score (nSPS) is 20.9. The Bertz CT molecular complexity index is 566. The number of hydrogen-bond acceptors (Lipinski definition) is 3. The first-order valence-electron chi connectivity index (χ1n) is 6.97. The molecule has 120 valence electrons. The first kappa shape index (κ1) is 16.8. The number of methoxy groups -OCH3 is 1. The van der Waals surface area contributed by atoms with Crippen molar-refractivity contribution in [1.29, 1.82) is 0 Å². The van der Waals surface area contributed by atoms with Gasteiger partial charge in [0.2, 0.25) is 0 Å². The number of aliphatic carboxylic acids is 1. The van der Waals surface area contributed by atoms with E-state index in [0.717, 1.165) is 10.0 Å². The largest absolute Gasteiger partial charge is 0.481 e. The lowest BCUT2D eigenvalue weighted by molar-refractivity contribution is -0.151. The zero-order chi connectivity index (χ0) is 16.2. The van der Waals surface area contributed by atoms with Gasteiger partial charge in [0.15, 0.2) is 0 Å². The molecule has 0 bridgehead atoms. The average molecular weight is 371 g/mol. The highest BCUT2D eigenvalue weighted by atomic mass is 79.9. The second kappa shape index (κ2) is 7.11. The summed E-state index contributed by atoms with van der Waals surface area (Å²) in [6, 6.07) is 7.37. The number of nitrogens with zero attached hydrogens (tertiary/aromatic N) is 1. The van der Waals surface area contributed by atoms with Gasteiger partial charge in [0.05, 0.1) is 6.61 Å². The SMILES string of the molecule is COCC1(C(=O)O)CCN(C(=O)NCc2ccccc2Br)C1. The highest BCUT2D eigenvalue weighted by Crippen LogP contribution is 2.31. The zero-order valence-corrected chi connectivity index (χ0v) is 13.9. The summed E-state index contributed by atoms with van der Waals surface area (Å²) in [6.45, 7) is 1.08. The summed E-state index contributed by atoms with van der Waals surface area (Å²) in [4.78, 5) is 25.2. The molecule has 7 heteroatoms. The van der Waals surface area contributed by atoms with Crippen LogP contribution in [-0.4, -0.2) is 48.8 Å². The van der Waals surface area contributed by atoms with Crippen LogP contribution in [0.2, 0.25) is 0 Å². The third-order valence-electron chi connectivity index (χ3n) is 3.90. The van der Waals surface area contributed by atoms with Crippen LogP contribution in [0.1, 0.15) is 12.0 Å². The van der Waals surface area contributed by atoms with Crippen molar-refractivity contribution >= 4 is 27.9 Å². The number of ether oxygens (including phenoxy) is 1. The van der Waals surface area contributed by atoms with Crippen molar-refractivity contribution in [3.8, 4) is 0 Å². The van der Waals surface area contributed by atoms with Crippen LogP contribution in [0, 0.1) is 5.41 Å². The highest BCUT2D eigenvalue weighted by molar-refractivity contribution is 9.10. The Hall–Kier alpha value is -1.60. The number of likely N-dealkylation sites (tertiary alicyclic amines) is 1. The van der Waals surface area contributed by atoms with Gasteiger partial charge in [0.1, 0.15) is 5.41 Å². The van der Waals surface area contributed by atoms with E-state index < -0.39 is 11.4 Å². The predicted molar refractivity (Wildman–Crippen MR) is 84.5 cm³/mol. The van der Waals surface area contributed by atoms with E-state index in [9.17, 15) is 14.7 Å². The number of hydrogen-bond donors (Lipinski definition) is 2. The van der Waals surface area contributed by atoms with E-state index in [-0.39, 0.29) is 19.2 Å². The number of carboxylic acids is 1. The van der Waals surface area contributed by atoms with Crippen molar-refractivity contribution in [2.45, 2.75) is 13.0 Å². The topological polar surface area (TPSA) is 78.9 Å². The summed E-state index contributed by atoms with van der Waals surface area (Å²) in [6.07, 6.45) is 0.401. The lowest BCUT2D eigenvalue weighted by Crippen LogP contribution is -2.43. The van der Waals surface area contributed by atoms with Crippen molar-refractivity contribution in [2.24, 2.45) is 5.41 Å². The Morgan fingerprint density at radius 1 is 1.45 bits per heavy atom. The maximum Gasteiger partial charge on any atom is 0.317 e. The average Bonchev–Trinajstić information content (AvgIpc) is 2.92. The van der Waals surface area contributed by atoms with Crippen LogP contribution >= 0.6 is 15.9 Å². The van der Waals surface area contributed by atoms with Crippen LogP contribution in [0.15, 0.2) is 28.7 Å². The Labute approximate surface area is 137 Å². The number of carboxylic acid groups (broad SMARTS) is 1. The Morgan fingerprint density at radius 2 is 2.18 bits per heavy atom. The van der Waals surface area contributed by atoms with E-state index in [1.165, 1.54) is 12.0 Å². The number of carbonyl (C=O) groups is 2. The predicted octanol–water partition coefficient (Wildman–Crippen LogP) is 2.08. The molecule has 1 aliphatic heterocycles. The molecule has 1 aromatic rings. The molecule has 2 amide bonds. The van der Waals surface area contributed by atoms with Gasteiger partial charge < -0.3 is 20.1 Å². The molecule has 1 saturated heterocycles. The lowest BCUT2D eigenvalue weighted by atomic mass is 9.88. The van der Waals surface area contributed by atoms with Crippen LogP contribution in [0.5, 0.6) is 0 Å². The van der Waals surface area contributed by atoms with Crippen molar-refractivity contribution in [2.75, 3.05) is 26.8 Å². The van der Waals surface area contributed by atoms with Crippen LogP contribution in [0.25, 0.3) is 0 Å². The Balaban J connectivity index is 1.94. The standard InChI is InChI=1S/C15H19BrN2O4/c1-22-10-15(13(19)20)6-7-18(9-15)14(21)17-8-11-4-2-3-5-12(11)16/h2-5H,6-10H2,1H3,(H,17,21)(H,19,20). The molecule has 22 heavy (non-hydrogen) atoms. The summed E-state index contributed by atoms with van der Waals surface area (Å²) < 4.78 is 5.94. The van der Waals surface area contributed by atoms with E-state index in [0.29, 0.717) is 19.5 Å². The smallest absolute Gasteiger partial charge is 0.317 e. The second-order valence-electron chi connectivity index (χ2n) is 5.44. The number of urea groups is 1. The van der Waals surface area contributed by atoms with E-state index in [1.54, 1.807) is 0 Å². The van der Waals surface area contributed by atoms with E-state index in [4.69, 9.17) is 4.74 Å². The molecule has 1 aromatic carbocycles. The molecule has 0 spiro atoms. The first-order chi connectivity index (χ1) is 10.5. The molecule has 1 unspecified atom stereocenters. The zero-order valence-electron chi connectivity index (χ0n) is 12.3. The number of amides is 2. The summed E-state index contributed by atoms with van der Waals surface area (Å²) in [5.41, 5.74) is -0.0317. The molecule has 0 saturated carbocycles. The Kier molecular flexibility index (Phi) is 5.42. The van der Waals surface area contributed by atoms with E-state index in [2.05, 4.69) is 21.2 Å². The third-order valence-corrected chi connectivity index (χ3v) is 4.68. The molecule has 6 nitrogen and oxygen atoms in total. The van der Waals surface area contributed by atoms with Crippen molar-refractivity contribution < 1.29 is 19.4 Å². The number of carbonyl (C=O) groups excluding carboxylic acids is 1. The quantitative estimate of drug-likeness (QED) is 0.831. The first-order valence-corrected chi connectivity index (χ1v) is 7.76. The summed E-state index contributed by atoms with van der Waals surface area (Å²) in [7, 11) is 1.47. The van der Waals surface area contributed by atoms with Crippen LogP contribution in [0.4, 0.5) is 4.79 Å². The number of nitrogens with one attached hydrogen (secondary N) is 1. The Morgan fingerprint density at radius 3 is 2.82 bits per heavy atom. The molecule has 1 fully saturated rings. The molecule has 0 radical (unpaired) electrons. The fourth-order valence-electron chi connectivity index (χ4n) is 2.60. The monoisotopic (exact) mass is 370 g/mol. The number of benzene rings is 1. The van der Waals surface area contributed by atoms with Gasteiger partial charge in [0.25, 0.3) is 0 Å². The highest BCUT2D eigenvalue weighted by Gasteiger charge is 2.46. The molecular formula is C15H19BrN2O4. The van der Waals surface area contributed by atoms with Gasteiger partial charge in [-0.1, -0.05) is 34.1 Å². The van der Waals surface area contributed by atoms with Gasteiger partial charge in [-0.2, -0.15) is 0 Å². The van der Waals surface area contributed by atoms with Crippen molar-refractivity contribution in [3.63, 3.8) is 0 Å². The van der Waals surface area contributed by atoms with Gasteiger partial charge in [-0.25, -0.2) is 4.79 Å². The second-order valence-corrected chi connectivity index (χ2v) is 6.29. The van der Waals surface area contributed by atoms with Crippen molar-refractivity contribution in [1.82, 2.24) is 10.2 Å². The maximum atomic E-state index is 12.2.